The van der Waals surface area contributed by atoms with Crippen LogP contribution in [0.1, 0.15) is 99.6 Å². The van der Waals surface area contributed by atoms with E-state index in [1.807, 2.05) is 57.7 Å². The molecule has 18 nitrogen and oxygen atoms in total. The molecule has 18 heteroatoms. The van der Waals surface area contributed by atoms with Crippen molar-refractivity contribution in [3.8, 4) is 0 Å². The van der Waals surface area contributed by atoms with Gasteiger partial charge in [-0.3, -0.25) is 49.2 Å². The minimum Gasteiger partial charge on any atom is -0.385 e. The number of likely N-dealkylation sites (N-methyl/N-ethyl adjacent to an activating group) is 1. The second-order valence-corrected chi connectivity index (χ2v) is 15.1. The molecule has 0 radical (unpaired) electrons. The number of carbonyl (C=O) groups excluding carboxylic acids is 6. The Morgan fingerprint density at radius 2 is 1.80 bits per heavy atom. The smallest absolute Gasteiger partial charge is 0.264 e. The van der Waals surface area contributed by atoms with Crippen LogP contribution in [-0.4, -0.2) is 94.7 Å². The van der Waals surface area contributed by atoms with Gasteiger partial charge in [0.05, 0.1) is 29.1 Å². The molecule has 3 heterocycles. The number of aryl methyl sites for hydroxylation is 2. The fraction of sp³-hybridized carbons (Fsp3) is 0.349. The van der Waals surface area contributed by atoms with E-state index < -0.39 is 41.5 Å². The Balaban J connectivity index is 1.18. The van der Waals surface area contributed by atoms with Crippen molar-refractivity contribution in [3.05, 3.63) is 109 Å². The van der Waals surface area contributed by atoms with Gasteiger partial charge in [-0.1, -0.05) is 12.1 Å². The molecule has 61 heavy (non-hydrogen) atoms. The van der Waals surface area contributed by atoms with Gasteiger partial charge in [0.25, 0.3) is 29.2 Å². The summed E-state index contributed by atoms with van der Waals surface area (Å²) < 4.78 is 0. The zero-order chi connectivity index (χ0) is 44.5. The number of nitrogens with one attached hydrogen (secondary N) is 8. The topological polar surface area (TPSA) is 264 Å². The highest BCUT2D eigenvalue weighted by Crippen LogP contribution is 2.32. The van der Waals surface area contributed by atoms with Gasteiger partial charge in [0, 0.05) is 73.1 Å². The number of aromatic nitrogens is 1. The van der Waals surface area contributed by atoms with Crippen LogP contribution in [0.25, 0.3) is 5.57 Å². The lowest BCUT2D eigenvalue weighted by Gasteiger charge is -2.27. The number of H-pyrrole nitrogens is 1. The number of hydrazine groups is 1. The molecule has 1 fully saturated rings. The summed E-state index contributed by atoms with van der Waals surface area (Å²) in [5.74, 6) is -2.94. The number of nitrogens with zero attached hydrogens (tertiary/aromatic N) is 2. The standard InChI is InChI=1S/C43H53N11O7/c1-7-53(16-15-48-52-37(56)22-46-32-10-8-9-28-38(32)43(61)54(42(28)60)34-12-14-36(55)51-41(34)59)35(45)13-11-24(4)27-18-29(30(20-44)33(19-27)49-23(2)3)39(57)47-21-31-25(5)17-26(6)50-40(31)58/h8-11,13,17-20,23,34,44,46,48-49H,7,12,14-16,21-22,45H2,1-6H3,(H,47,57)(H,50,58)(H,52,56)(H,51,55,59)/b24-11+,35-13+,44-20?. The second kappa shape index (κ2) is 19.8. The molecule has 10 N–H and O–H groups in total. The van der Waals surface area contributed by atoms with Crippen LogP contribution in [0, 0.1) is 19.3 Å². The van der Waals surface area contributed by atoms with Gasteiger partial charge in [0.2, 0.25) is 11.8 Å². The first-order chi connectivity index (χ1) is 29.0. The molecule has 5 rings (SSSR count). The molecule has 1 saturated heterocycles. The fourth-order valence-electron chi connectivity index (χ4n) is 7.14. The van der Waals surface area contributed by atoms with Gasteiger partial charge < -0.3 is 37.0 Å². The van der Waals surface area contributed by atoms with Gasteiger partial charge in [-0.25, -0.2) is 5.43 Å². The van der Waals surface area contributed by atoms with Gasteiger partial charge in [-0.2, -0.15) is 0 Å². The zero-order valence-corrected chi connectivity index (χ0v) is 35.1. The number of hydrogen-bond acceptors (Lipinski definition) is 13. The largest absolute Gasteiger partial charge is 0.385 e. The molecule has 0 aliphatic carbocycles. The van der Waals surface area contributed by atoms with E-state index in [1.165, 1.54) is 6.07 Å². The average Bonchev–Trinajstić information content (AvgIpc) is 3.46. The first-order valence-electron chi connectivity index (χ1n) is 20.0. The summed E-state index contributed by atoms with van der Waals surface area (Å²) in [4.78, 5) is 95.0. The van der Waals surface area contributed by atoms with Crippen LogP contribution in [0.3, 0.4) is 0 Å². The molecule has 0 bridgehead atoms. The lowest BCUT2D eigenvalue weighted by Crippen LogP contribution is -2.54. The molecule has 3 aromatic rings. The number of carbonyl (C=O) groups is 6. The maximum absolute atomic E-state index is 13.6. The van der Waals surface area contributed by atoms with E-state index in [4.69, 9.17) is 11.1 Å². The van der Waals surface area contributed by atoms with Gasteiger partial charge in [-0.15, -0.1) is 0 Å². The molecule has 0 spiro atoms. The number of pyridine rings is 1. The van der Waals surface area contributed by atoms with E-state index in [0.29, 0.717) is 42.3 Å². The number of amides is 6. The summed E-state index contributed by atoms with van der Waals surface area (Å²) in [5, 5.41) is 19.4. The third-order valence-electron chi connectivity index (χ3n) is 10.3. The highest BCUT2D eigenvalue weighted by atomic mass is 16.2. The van der Waals surface area contributed by atoms with Gasteiger partial charge in [0.15, 0.2) is 0 Å². The minimum absolute atomic E-state index is 0.00341. The monoisotopic (exact) mass is 835 g/mol. The fourth-order valence-corrected chi connectivity index (χ4v) is 7.14. The predicted molar refractivity (Wildman–Crippen MR) is 232 cm³/mol. The normalized spacial score (nSPS) is 15.4. The Hall–Kier alpha value is -7.08. The summed E-state index contributed by atoms with van der Waals surface area (Å²) in [7, 11) is 0. The average molecular weight is 836 g/mol. The van der Waals surface area contributed by atoms with Crippen LogP contribution in [0.5, 0.6) is 0 Å². The van der Waals surface area contributed by atoms with Crippen LogP contribution in [-0.2, 0) is 20.9 Å². The Kier molecular flexibility index (Phi) is 14.6. The number of aromatic amines is 1. The third kappa shape index (κ3) is 10.6. The highest BCUT2D eigenvalue weighted by molar-refractivity contribution is 6.25. The SMILES string of the molecule is CCN(CCNNC(=O)CNc1cccc2c1C(=O)N(C1CCC(=O)NC1=O)C2=O)/C(N)=C/C=C(\C)c1cc(NC(C)C)c(C=N)c(C(=O)NCc2c(C)cc(C)[nH]c2=O)c1. The van der Waals surface area contributed by atoms with E-state index in [-0.39, 0.29) is 59.9 Å². The van der Waals surface area contributed by atoms with Crippen molar-refractivity contribution in [3.63, 3.8) is 0 Å². The first-order valence-corrected chi connectivity index (χ1v) is 20.0. The molecule has 6 amide bonds. The Morgan fingerprint density at radius 1 is 1.05 bits per heavy atom. The Morgan fingerprint density at radius 3 is 2.48 bits per heavy atom. The number of benzene rings is 2. The van der Waals surface area contributed by atoms with Crippen molar-refractivity contribution < 1.29 is 28.8 Å². The van der Waals surface area contributed by atoms with E-state index in [0.717, 1.165) is 33.5 Å². The maximum Gasteiger partial charge on any atom is 0.264 e. The molecule has 1 aromatic heterocycles. The Labute approximate surface area is 353 Å². The molecule has 0 saturated carbocycles. The van der Waals surface area contributed by atoms with Crippen LogP contribution in [0.2, 0.25) is 0 Å². The van der Waals surface area contributed by atoms with Crippen molar-refractivity contribution >= 4 is 58.6 Å². The van der Waals surface area contributed by atoms with E-state index in [1.54, 1.807) is 31.2 Å². The minimum atomic E-state index is -1.11. The lowest BCUT2D eigenvalue weighted by atomic mass is 9.96. The van der Waals surface area contributed by atoms with E-state index >= 15 is 0 Å². The molecule has 1 unspecified atom stereocenters. The molecule has 2 aliphatic heterocycles. The van der Waals surface area contributed by atoms with Crippen LogP contribution < -0.4 is 43.4 Å². The number of fused-ring (bicyclic) bond motifs is 1. The van der Waals surface area contributed by atoms with Crippen molar-refractivity contribution in [2.45, 2.75) is 73.0 Å². The predicted octanol–water partition coefficient (Wildman–Crippen LogP) is 2.40. The van der Waals surface area contributed by atoms with Gasteiger partial charge >= 0.3 is 0 Å². The third-order valence-corrected chi connectivity index (χ3v) is 10.3. The van der Waals surface area contributed by atoms with E-state index in [2.05, 4.69) is 37.1 Å². The summed E-state index contributed by atoms with van der Waals surface area (Å²) in [5.41, 5.74) is 16.8. The molecular weight excluding hydrogens is 783 g/mol. The van der Waals surface area contributed by atoms with Crippen LogP contribution >= 0.6 is 0 Å². The highest BCUT2D eigenvalue weighted by Gasteiger charge is 2.45. The maximum atomic E-state index is 13.6. The first kappa shape index (κ1) is 45.0. The number of piperidine rings is 1. The number of imide groups is 2. The van der Waals surface area contributed by atoms with Gasteiger partial charge in [0.1, 0.15) is 6.04 Å². The van der Waals surface area contributed by atoms with Crippen LogP contribution in [0.4, 0.5) is 11.4 Å². The summed E-state index contributed by atoms with van der Waals surface area (Å²) >= 11 is 0. The number of allylic oxidation sites excluding steroid dienone is 3. The van der Waals surface area contributed by atoms with Crippen LogP contribution in [0.15, 0.2) is 59.2 Å². The van der Waals surface area contributed by atoms with Crippen molar-refractivity contribution in [1.29, 1.82) is 5.41 Å². The number of hydrogen-bond donors (Lipinski definition) is 9. The van der Waals surface area contributed by atoms with E-state index in [9.17, 15) is 33.6 Å². The summed E-state index contributed by atoms with van der Waals surface area (Å²) in [6, 6.07) is 8.93. The number of rotatable bonds is 18. The molecule has 2 aromatic carbocycles. The summed E-state index contributed by atoms with van der Waals surface area (Å²) in [6.45, 7) is 12.4. The number of anilines is 2. The second-order valence-electron chi connectivity index (χ2n) is 15.1. The van der Waals surface area contributed by atoms with Crippen molar-refractivity contribution in [1.82, 2.24) is 36.3 Å². The zero-order valence-electron chi connectivity index (χ0n) is 35.1. The number of nitrogens with two attached hydrogens (primary N) is 1. The Bertz CT molecular complexity index is 2380. The van der Waals surface area contributed by atoms with Crippen molar-refractivity contribution in [2.24, 2.45) is 5.73 Å². The molecule has 322 valence electrons. The molecular formula is C43H53N11O7. The molecule has 1 atom stereocenters. The molecule has 2 aliphatic rings. The van der Waals surface area contributed by atoms with Gasteiger partial charge in [-0.05, 0) is 101 Å². The summed E-state index contributed by atoms with van der Waals surface area (Å²) in [6.07, 6.45) is 4.75. The van der Waals surface area contributed by atoms with Crippen molar-refractivity contribution in [2.75, 3.05) is 36.8 Å². The quantitative estimate of drug-likeness (QED) is 0.0294. The lowest BCUT2D eigenvalue weighted by molar-refractivity contribution is -0.136.